The second-order valence-corrected chi connectivity index (χ2v) is 12.6. The molecule has 0 aromatic heterocycles. The minimum Gasteiger partial charge on any atom is -0.497 e. The lowest BCUT2D eigenvalue weighted by Crippen LogP contribution is -2.38. The van der Waals surface area contributed by atoms with E-state index in [1.807, 2.05) is 54.6 Å². The van der Waals surface area contributed by atoms with Gasteiger partial charge in [0.25, 0.3) is 5.91 Å². The molecule has 55 heavy (non-hydrogen) atoms. The van der Waals surface area contributed by atoms with Crippen molar-refractivity contribution in [2.24, 2.45) is 5.16 Å². The van der Waals surface area contributed by atoms with E-state index in [1.54, 1.807) is 55.8 Å². The molecular weight excluding hydrogens is 710 g/mol. The Bertz CT molecular complexity index is 1970. The van der Waals surface area contributed by atoms with Gasteiger partial charge in [-0.3, -0.25) is 4.79 Å². The minimum atomic E-state index is -0.428. The monoisotopic (exact) mass is 757 g/mol. The van der Waals surface area contributed by atoms with Crippen molar-refractivity contribution in [3.63, 3.8) is 0 Å². The van der Waals surface area contributed by atoms with E-state index in [9.17, 15) is 4.79 Å². The number of methoxy groups -OCH3 is 7. The van der Waals surface area contributed by atoms with Crippen molar-refractivity contribution in [2.75, 3.05) is 68.3 Å². The number of benzene rings is 4. The molecule has 2 N–H and O–H groups in total. The van der Waals surface area contributed by atoms with E-state index in [0.29, 0.717) is 76.9 Å². The third kappa shape index (κ3) is 8.48. The van der Waals surface area contributed by atoms with Crippen LogP contribution in [0, 0.1) is 0 Å². The summed E-state index contributed by atoms with van der Waals surface area (Å²) >= 11 is 0. The third-order valence-electron chi connectivity index (χ3n) is 9.38. The van der Waals surface area contributed by atoms with E-state index < -0.39 is 6.17 Å². The van der Waals surface area contributed by atoms with Crippen LogP contribution >= 0.6 is 0 Å². The first kappa shape index (κ1) is 38.5. The van der Waals surface area contributed by atoms with E-state index in [0.717, 1.165) is 47.4 Å². The quantitative estimate of drug-likeness (QED) is 0.1000. The first-order valence-electron chi connectivity index (χ1n) is 17.8. The topological polar surface area (TPSA) is 146 Å². The van der Waals surface area contributed by atoms with Crippen LogP contribution in [0.2, 0.25) is 0 Å². The summed E-state index contributed by atoms with van der Waals surface area (Å²) in [6, 6.07) is 18.5. The predicted octanol–water partition coefficient (Wildman–Crippen LogP) is 7.09. The van der Waals surface area contributed by atoms with E-state index in [-0.39, 0.29) is 12.0 Å². The van der Waals surface area contributed by atoms with Crippen molar-refractivity contribution in [3.05, 3.63) is 82.9 Å². The number of amides is 1. The Morgan fingerprint density at radius 1 is 0.618 bits per heavy atom. The van der Waals surface area contributed by atoms with Crippen LogP contribution in [-0.2, 0) is 4.84 Å². The number of hydrogen-bond donors (Lipinski definition) is 2. The predicted molar refractivity (Wildman–Crippen MR) is 205 cm³/mol. The summed E-state index contributed by atoms with van der Waals surface area (Å²) in [5, 5.41) is 10.7. The van der Waals surface area contributed by atoms with Crippen LogP contribution in [-0.4, -0.2) is 74.6 Å². The van der Waals surface area contributed by atoms with Crippen molar-refractivity contribution in [2.45, 2.75) is 38.0 Å². The zero-order valence-electron chi connectivity index (χ0n) is 32.1. The molecule has 6 rings (SSSR count). The molecule has 1 amide bonds. The molecule has 0 radical (unpaired) electrons. The molecule has 4 aromatic carbocycles. The lowest BCUT2D eigenvalue weighted by Gasteiger charge is -2.28. The van der Waals surface area contributed by atoms with Crippen LogP contribution in [0.1, 0.15) is 65.0 Å². The van der Waals surface area contributed by atoms with Crippen molar-refractivity contribution in [3.8, 4) is 51.7 Å². The molecule has 0 saturated heterocycles. The first-order chi connectivity index (χ1) is 26.8. The maximum atomic E-state index is 12.8. The Labute approximate surface area is 320 Å². The maximum Gasteiger partial charge on any atom is 0.255 e. The molecule has 14 heteroatoms. The molecule has 0 fully saturated rings. The molecule has 2 heterocycles. The van der Waals surface area contributed by atoms with E-state index in [4.69, 9.17) is 47.5 Å². The Kier molecular flexibility index (Phi) is 12.4. The minimum absolute atomic E-state index is 0.188. The largest absolute Gasteiger partial charge is 0.497 e. The van der Waals surface area contributed by atoms with Gasteiger partial charge in [-0.2, -0.15) is 0 Å². The van der Waals surface area contributed by atoms with Crippen molar-refractivity contribution >= 4 is 17.3 Å². The number of carbonyl (C=O) groups excluding carboxylic acids is 1. The Morgan fingerprint density at radius 2 is 1.25 bits per heavy atom. The molecule has 0 saturated carbocycles. The summed E-state index contributed by atoms with van der Waals surface area (Å²) in [6.45, 7) is 0.944. The smallest absolute Gasteiger partial charge is 0.255 e. The Hall–Kier alpha value is -6.18. The highest BCUT2D eigenvalue weighted by molar-refractivity contribution is 6.03. The average molecular weight is 758 g/mol. The Morgan fingerprint density at radius 3 is 1.89 bits per heavy atom. The summed E-state index contributed by atoms with van der Waals surface area (Å²) in [5.74, 6) is 4.79. The van der Waals surface area contributed by atoms with E-state index >= 15 is 0 Å². The Balaban J connectivity index is 0.994. The van der Waals surface area contributed by atoms with E-state index in [2.05, 4.69) is 15.8 Å². The first-order valence-corrected chi connectivity index (χ1v) is 17.8. The van der Waals surface area contributed by atoms with Gasteiger partial charge in [0.15, 0.2) is 40.6 Å². The van der Waals surface area contributed by atoms with Gasteiger partial charge in [-0.1, -0.05) is 11.2 Å². The third-order valence-corrected chi connectivity index (χ3v) is 9.38. The van der Waals surface area contributed by atoms with Crippen LogP contribution in [0.3, 0.4) is 0 Å². The fourth-order valence-electron chi connectivity index (χ4n) is 6.45. The number of oxime groups is 1. The molecule has 2 atom stereocenters. The number of hydrogen-bond acceptors (Lipinski definition) is 13. The molecule has 2 aliphatic rings. The molecular formula is C41H47N3O11. The number of nitrogens with zero attached hydrogens (tertiary/aromatic N) is 1. The van der Waals surface area contributed by atoms with Crippen LogP contribution in [0.5, 0.6) is 51.7 Å². The SMILES string of the molecule is COc1ccc2c(c1)C(=O)NC(c1ccc(OCCCCCOc3c(OC)cc(C4=NOC(c5cc(OC)c(OC)c(OC)c5)C4)cc3OC)c(OC)c1)N2. The number of ether oxygens (including phenoxy) is 9. The van der Waals surface area contributed by atoms with Crippen LogP contribution in [0.25, 0.3) is 0 Å². The van der Waals surface area contributed by atoms with Crippen molar-refractivity contribution in [1.82, 2.24) is 5.32 Å². The van der Waals surface area contributed by atoms with Crippen LogP contribution < -0.4 is 53.3 Å². The van der Waals surface area contributed by atoms with Gasteiger partial charge in [-0.25, -0.2) is 0 Å². The number of unbranched alkanes of at least 4 members (excludes halogenated alkanes) is 2. The van der Waals surface area contributed by atoms with Gasteiger partial charge in [-0.05, 0) is 79.4 Å². The molecule has 0 bridgehead atoms. The summed E-state index contributed by atoms with van der Waals surface area (Å²) in [5.41, 5.74) is 4.45. The van der Waals surface area contributed by atoms with Crippen molar-refractivity contribution < 1.29 is 52.3 Å². The molecule has 2 aliphatic heterocycles. The molecule has 0 spiro atoms. The number of anilines is 1. The summed E-state index contributed by atoms with van der Waals surface area (Å²) < 4.78 is 51.1. The highest BCUT2D eigenvalue weighted by Gasteiger charge is 2.29. The maximum absolute atomic E-state index is 12.8. The number of fused-ring (bicyclic) bond motifs is 1. The second-order valence-electron chi connectivity index (χ2n) is 12.6. The molecule has 292 valence electrons. The second kappa shape index (κ2) is 17.8. The fraction of sp³-hybridized carbons (Fsp3) is 0.366. The number of nitrogens with one attached hydrogen (secondary N) is 2. The molecule has 0 aliphatic carbocycles. The standard InChI is InChI=1S/C41H47N3O11/c1-46-27-12-13-29-28(22-27)41(45)43-40(42-29)24-11-14-31(33(17-24)47-2)53-15-9-8-10-16-54-39-36(50-5)18-25(19-37(39)51-6)30-23-32(55-44-30)26-20-34(48-3)38(52-7)35(21-26)49-4/h11-14,17-22,32,40,42H,8-10,15-16,23H2,1-7H3,(H,43,45). The molecule has 4 aromatic rings. The molecule has 2 unspecified atom stereocenters. The van der Waals surface area contributed by atoms with E-state index in [1.165, 1.54) is 0 Å². The van der Waals surface area contributed by atoms with Gasteiger partial charge in [-0.15, -0.1) is 0 Å². The van der Waals surface area contributed by atoms with Gasteiger partial charge in [0, 0.05) is 23.2 Å². The summed E-state index contributed by atoms with van der Waals surface area (Å²) in [7, 11) is 11.1. The highest BCUT2D eigenvalue weighted by Crippen LogP contribution is 2.44. The zero-order chi connectivity index (χ0) is 38.9. The van der Waals surface area contributed by atoms with Gasteiger partial charge in [0.2, 0.25) is 11.5 Å². The van der Waals surface area contributed by atoms with Gasteiger partial charge in [0.05, 0.1) is 74.3 Å². The summed E-state index contributed by atoms with van der Waals surface area (Å²) in [6.07, 6.45) is 2.17. The van der Waals surface area contributed by atoms with Gasteiger partial charge < -0.3 is 58.1 Å². The number of rotatable bonds is 18. The highest BCUT2D eigenvalue weighted by atomic mass is 16.6. The fourth-order valence-corrected chi connectivity index (χ4v) is 6.45. The van der Waals surface area contributed by atoms with Crippen molar-refractivity contribution in [1.29, 1.82) is 0 Å². The van der Waals surface area contributed by atoms with Crippen LogP contribution in [0.4, 0.5) is 5.69 Å². The molecule has 14 nitrogen and oxygen atoms in total. The van der Waals surface area contributed by atoms with Gasteiger partial charge >= 0.3 is 0 Å². The number of carbonyl (C=O) groups is 1. The lowest BCUT2D eigenvalue weighted by atomic mass is 9.99. The van der Waals surface area contributed by atoms with Gasteiger partial charge in [0.1, 0.15) is 11.9 Å². The zero-order valence-corrected chi connectivity index (χ0v) is 32.1. The lowest BCUT2D eigenvalue weighted by molar-refractivity contribution is 0.0853. The van der Waals surface area contributed by atoms with Crippen LogP contribution in [0.15, 0.2) is 65.8 Å². The normalized spacial score (nSPS) is 15.7. The average Bonchev–Trinajstić information content (AvgIpc) is 3.73. The summed E-state index contributed by atoms with van der Waals surface area (Å²) in [4.78, 5) is 18.7.